The number of hydrogen-bond donors (Lipinski definition) is 2. The molecule has 0 aliphatic heterocycles. The van der Waals surface area contributed by atoms with Crippen molar-refractivity contribution in [3.63, 3.8) is 0 Å². The van der Waals surface area contributed by atoms with Gasteiger partial charge in [-0.05, 0) is 31.2 Å². The van der Waals surface area contributed by atoms with Gasteiger partial charge in [0.25, 0.3) is 0 Å². The van der Waals surface area contributed by atoms with Gasteiger partial charge in [0, 0.05) is 24.6 Å². The summed E-state index contributed by atoms with van der Waals surface area (Å²) < 4.78 is 0. The number of nitriles is 1. The number of hydrogen-bond acceptors (Lipinski definition) is 3. The van der Waals surface area contributed by atoms with Crippen LogP contribution in [0.2, 0.25) is 0 Å². The van der Waals surface area contributed by atoms with E-state index in [0.717, 1.165) is 37.8 Å². The van der Waals surface area contributed by atoms with Gasteiger partial charge >= 0.3 is 0 Å². The molecular weight excluding hydrogens is 260 g/mol. The zero-order valence-electron chi connectivity index (χ0n) is 12.5. The maximum Gasteiger partial charge on any atom is 0.0852 e. The second-order valence-corrected chi connectivity index (χ2v) is 6.91. The predicted octanol–water partition coefficient (Wildman–Crippen LogP) is 2.75. The Morgan fingerprint density at radius 2 is 1.86 bits per heavy atom. The van der Waals surface area contributed by atoms with Crippen molar-refractivity contribution in [2.75, 3.05) is 13.2 Å². The Hall–Kier alpha value is -1.37. The molecule has 0 aromatic heterocycles. The van der Waals surface area contributed by atoms with Crippen LogP contribution >= 0.6 is 0 Å². The summed E-state index contributed by atoms with van der Waals surface area (Å²) >= 11 is 0. The average Bonchev–Trinajstić information content (AvgIpc) is 2.97. The third kappa shape index (κ3) is 2.71. The van der Waals surface area contributed by atoms with Gasteiger partial charge in [0.2, 0.25) is 0 Å². The van der Waals surface area contributed by atoms with Gasteiger partial charge in [-0.15, -0.1) is 0 Å². The molecule has 112 valence electrons. The van der Waals surface area contributed by atoms with Crippen LogP contribution in [0.15, 0.2) is 30.3 Å². The molecule has 3 heteroatoms. The summed E-state index contributed by atoms with van der Waals surface area (Å²) in [5, 5.41) is 22.8. The molecule has 0 heterocycles. The number of rotatable bonds is 5. The molecule has 1 aromatic carbocycles. The monoisotopic (exact) mass is 284 g/mol. The predicted molar refractivity (Wildman–Crippen MR) is 82.7 cm³/mol. The molecule has 3 rings (SSSR count). The molecule has 2 aliphatic carbocycles. The van der Waals surface area contributed by atoms with Gasteiger partial charge in [0.1, 0.15) is 0 Å². The summed E-state index contributed by atoms with van der Waals surface area (Å²) in [6, 6.07) is 13.1. The van der Waals surface area contributed by atoms with Crippen molar-refractivity contribution in [1.29, 1.82) is 5.26 Å². The van der Waals surface area contributed by atoms with Crippen LogP contribution in [0.25, 0.3) is 0 Å². The van der Waals surface area contributed by atoms with Crippen molar-refractivity contribution >= 4 is 0 Å². The fourth-order valence-corrected chi connectivity index (χ4v) is 3.95. The highest BCUT2D eigenvalue weighted by Crippen LogP contribution is 2.44. The number of aliphatic hydroxyl groups excluding tert-OH is 1. The van der Waals surface area contributed by atoms with Crippen molar-refractivity contribution in [3.8, 4) is 6.07 Å². The largest absolute Gasteiger partial charge is 0.396 e. The first-order valence-electron chi connectivity index (χ1n) is 8.03. The number of nitrogens with one attached hydrogen (secondary N) is 1. The van der Waals surface area contributed by atoms with Crippen molar-refractivity contribution in [2.24, 2.45) is 5.41 Å². The topological polar surface area (TPSA) is 56.0 Å². The van der Waals surface area contributed by atoms with Crippen LogP contribution in [0, 0.1) is 16.7 Å². The van der Waals surface area contributed by atoms with Crippen LogP contribution in [-0.2, 0) is 5.41 Å². The van der Waals surface area contributed by atoms with Gasteiger partial charge in [-0.25, -0.2) is 0 Å². The number of nitrogens with zero attached hydrogens (tertiary/aromatic N) is 1. The van der Waals surface area contributed by atoms with Gasteiger partial charge in [0.05, 0.1) is 11.5 Å². The highest BCUT2D eigenvalue weighted by molar-refractivity contribution is 5.36. The Morgan fingerprint density at radius 1 is 1.19 bits per heavy atom. The third-order valence-electron chi connectivity index (χ3n) is 5.50. The molecule has 0 spiro atoms. The third-order valence-corrected chi connectivity index (χ3v) is 5.50. The van der Waals surface area contributed by atoms with Gasteiger partial charge < -0.3 is 10.4 Å². The van der Waals surface area contributed by atoms with E-state index >= 15 is 0 Å². The van der Waals surface area contributed by atoms with Gasteiger partial charge in [-0.2, -0.15) is 5.26 Å². The van der Waals surface area contributed by atoms with Crippen molar-refractivity contribution in [2.45, 2.75) is 50.0 Å². The highest BCUT2D eigenvalue weighted by atomic mass is 16.3. The van der Waals surface area contributed by atoms with E-state index in [0.29, 0.717) is 6.04 Å². The van der Waals surface area contributed by atoms with Gasteiger partial charge in [-0.1, -0.05) is 43.2 Å². The minimum absolute atomic E-state index is 0.0949. The fourth-order valence-electron chi connectivity index (χ4n) is 3.95. The fraction of sp³-hybridized carbons (Fsp3) is 0.611. The van der Waals surface area contributed by atoms with E-state index in [-0.39, 0.29) is 17.4 Å². The zero-order valence-corrected chi connectivity index (χ0v) is 12.5. The second-order valence-electron chi connectivity index (χ2n) is 6.91. The van der Waals surface area contributed by atoms with E-state index in [4.69, 9.17) is 0 Å². The Bertz CT molecular complexity index is 508. The Kier molecular flexibility index (Phi) is 4.01. The molecule has 2 aliphatic rings. The Labute approximate surface area is 127 Å². The summed E-state index contributed by atoms with van der Waals surface area (Å²) in [4.78, 5) is 0. The molecular formula is C18H24N2O. The minimum atomic E-state index is -0.305. The minimum Gasteiger partial charge on any atom is -0.396 e. The van der Waals surface area contributed by atoms with Crippen molar-refractivity contribution < 1.29 is 5.11 Å². The van der Waals surface area contributed by atoms with E-state index in [1.165, 1.54) is 12.8 Å². The first-order valence-corrected chi connectivity index (χ1v) is 8.03. The van der Waals surface area contributed by atoms with E-state index in [1.54, 1.807) is 0 Å². The molecule has 0 amide bonds. The van der Waals surface area contributed by atoms with Crippen LogP contribution < -0.4 is 5.32 Å². The van der Waals surface area contributed by atoms with Gasteiger partial charge in [0.15, 0.2) is 0 Å². The average molecular weight is 284 g/mol. The maximum absolute atomic E-state index is 9.65. The van der Waals surface area contributed by atoms with E-state index in [9.17, 15) is 10.4 Å². The lowest BCUT2D eigenvalue weighted by Gasteiger charge is -2.44. The van der Waals surface area contributed by atoms with E-state index < -0.39 is 0 Å². The summed E-state index contributed by atoms with van der Waals surface area (Å²) in [6.45, 7) is 1.18. The molecule has 3 nitrogen and oxygen atoms in total. The first kappa shape index (κ1) is 14.6. The summed E-state index contributed by atoms with van der Waals surface area (Å²) in [6.07, 6.45) is 6.50. The summed E-state index contributed by atoms with van der Waals surface area (Å²) in [5.74, 6) is 0. The van der Waals surface area contributed by atoms with Crippen LogP contribution in [0.5, 0.6) is 0 Å². The number of benzene rings is 1. The van der Waals surface area contributed by atoms with Crippen molar-refractivity contribution in [1.82, 2.24) is 5.32 Å². The summed E-state index contributed by atoms with van der Waals surface area (Å²) in [5.41, 5.74) is 0.932. The molecule has 2 N–H and O–H groups in total. The first-order chi connectivity index (χ1) is 10.2. The molecule has 21 heavy (non-hydrogen) atoms. The molecule has 0 unspecified atom stereocenters. The lowest BCUT2D eigenvalue weighted by molar-refractivity contribution is 0.111. The van der Waals surface area contributed by atoms with E-state index in [2.05, 4.69) is 23.5 Å². The molecule has 0 radical (unpaired) electrons. The molecule has 1 aromatic rings. The van der Waals surface area contributed by atoms with Crippen LogP contribution in [0.1, 0.15) is 44.1 Å². The molecule has 0 bridgehead atoms. The van der Waals surface area contributed by atoms with Crippen LogP contribution in [0.3, 0.4) is 0 Å². The molecule has 0 saturated heterocycles. The standard InChI is InChI=1S/C18H24N2O/c19-12-18(15-6-2-1-3-7-15)10-16(11-18)20-13-17(14-21)8-4-5-9-17/h1-3,6-7,16,20-21H,4-5,8-11,13-14H2. The lowest BCUT2D eigenvalue weighted by Crippen LogP contribution is -2.53. The molecule has 2 fully saturated rings. The Morgan fingerprint density at radius 3 is 2.43 bits per heavy atom. The van der Waals surface area contributed by atoms with E-state index in [1.807, 2.05) is 18.2 Å². The van der Waals surface area contributed by atoms with Crippen LogP contribution in [-0.4, -0.2) is 24.3 Å². The SMILES string of the molecule is N#CC1(c2ccccc2)CC(NCC2(CO)CCCC2)C1. The molecule has 2 saturated carbocycles. The quantitative estimate of drug-likeness (QED) is 0.874. The summed E-state index contributed by atoms with van der Waals surface area (Å²) in [7, 11) is 0. The molecule has 0 atom stereocenters. The highest BCUT2D eigenvalue weighted by Gasteiger charge is 2.46. The Balaban J connectivity index is 1.57. The number of aliphatic hydroxyl groups is 1. The maximum atomic E-state index is 9.65. The normalized spacial score (nSPS) is 30.6. The van der Waals surface area contributed by atoms with Crippen molar-refractivity contribution in [3.05, 3.63) is 35.9 Å². The van der Waals surface area contributed by atoms with Gasteiger partial charge in [-0.3, -0.25) is 0 Å². The second kappa shape index (κ2) is 5.79. The lowest BCUT2D eigenvalue weighted by atomic mass is 9.62. The zero-order chi connectivity index (χ0) is 14.8. The van der Waals surface area contributed by atoms with Crippen LogP contribution in [0.4, 0.5) is 0 Å². The smallest absolute Gasteiger partial charge is 0.0852 e.